The van der Waals surface area contributed by atoms with Crippen LogP contribution in [0.2, 0.25) is 0 Å². The van der Waals surface area contributed by atoms with Gasteiger partial charge in [-0.25, -0.2) is 0 Å². The molecule has 1 rings (SSSR count). The van der Waals surface area contributed by atoms with E-state index in [0.29, 0.717) is 6.54 Å². The summed E-state index contributed by atoms with van der Waals surface area (Å²) in [5.41, 5.74) is 7.82. The molecule has 96 valence electrons. The summed E-state index contributed by atoms with van der Waals surface area (Å²) in [7, 11) is 1.64. The lowest BCUT2D eigenvalue weighted by Crippen LogP contribution is -2.40. The average molecular weight is 237 g/mol. The van der Waals surface area contributed by atoms with Crippen LogP contribution in [0.15, 0.2) is 12.3 Å². The van der Waals surface area contributed by atoms with Crippen LogP contribution in [0.3, 0.4) is 0 Å². The van der Waals surface area contributed by atoms with Gasteiger partial charge in [0.05, 0.1) is 19.0 Å². The molecule has 3 N–H and O–H groups in total. The highest BCUT2D eigenvalue weighted by Crippen LogP contribution is 2.28. The molecular formula is C13H23N3O. The molecule has 4 nitrogen and oxygen atoms in total. The SMILES string of the molecule is COc1cnc(C)cc1NC(CN)C(C)(C)C. The fourth-order valence-electron chi connectivity index (χ4n) is 1.64. The second kappa shape index (κ2) is 5.36. The van der Waals surface area contributed by atoms with E-state index in [1.54, 1.807) is 13.3 Å². The predicted molar refractivity (Wildman–Crippen MR) is 71.4 cm³/mol. The number of hydrogen-bond acceptors (Lipinski definition) is 4. The Morgan fingerprint density at radius 1 is 1.47 bits per heavy atom. The third-order valence-corrected chi connectivity index (χ3v) is 2.83. The zero-order valence-corrected chi connectivity index (χ0v) is 11.4. The second-order valence-corrected chi connectivity index (χ2v) is 5.32. The van der Waals surface area contributed by atoms with Gasteiger partial charge >= 0.3 is 0 Å². The van der Waals surface area contributed by atoms with Gasteiger partial charge in [-0.15, -0.1) is 0 Å². The molecule has 0 fully saturated rings. The number of aromatic nitrogens is 1. The maximum absolute atomic E-state index is 5.82. The maximum Gasteiger partial charge on any atom is 0.160 e. The van der Waals surface area contributed by atoms with E-state index in [1.807, 2.05) is 13.0 Å². The van der Waals surface area contributed by atoms with Gasteiger partial charge in [0.2, 0.25) is 0 Å². The Bertz CT molecular complexity index is 371. The second-order valence-electron chi connectivity index (χ2n) is 5.32. The summed E-state index contributed by atoms with van der Waals surface area (Å²) in [6.45, 7) is 9.03. The van der Waals surface area contributed by atoms with Crippen molar-refractivity contribution in [1.82, 2.24) is 4.98 Å². The Labute approximate surface area is 104 Å². The first kappa shape index (κ1) is 13.8. The van der Waals surface area contributed by atoms with Crippen LogP contribution in [-0.4, -0.2) is 24.7 Å². The minimum atomic E-state index is 0.0942. The highest BCUT2D eigenvalue weighted by atomic mass is 16.5. The molecule has 0 aliphatic carbocycles. The molecule has 1 atom stereocenters. The van der Waals surface area contributed by atoms with Gasteiger partial charge in [-0.2, -0.15) is 0 Å². The molecule has 0 spiro atoms. The van der Waals surface area contributed by atoms with Crippen molar-refractivity contribution in [3.05, 3.63) is 18.0 Å². The number of ether oxygens (including phenoxy) is 1. The highest BCUT2D eigenvalue weighted by molar-refractivity contribution is 5.56. The van der Waals surface area contributed by atoms with Crippen LogP contribution in [0.25, 0.3) is 0 Å². The van der Waals surface area contributed by atoms with Gasteiger partial charge in [0.15, 0.2) is 5.75 Å². The topological polar surface area (TPSA) is 60.2 Å². The van der Waals surface area contributed by atoms with E-state index >= 15 is 0 Å². The molecule has 0 aliphatic rings. The highest BCUT2D eigenvalue weighted by Gasteiger charge is 2.24. The molecule has 0 saturated carbocycles. The van der Waals surface area contributed by atoms with E-state index in [0.717, 1.165) is 17.1 Å². The molecule has 1 heterocycles. The minimum absolute atomic E-state index is 0.0942. The molecule has 4 heteroatoms. The van der Waals surface area contributed by atoms with Gasteiger partial charge in [-0.05, 0) is 18.4 Å². The molecule has 0 radical (unpaired) electrons. The van der Waals surface area contributed by atoms with E-state index in [2.05, 4.69) is 31.1 Å². The normalized spacial score (nSPS) is 13.3. The van der Waals surface area contributed by atoms with Crippen molar-refractivity contribution >= 4 is 5.69 Å². The van der Waals surface area contributed by atoms with Crippen molar-refractivity contribution in [3.63, 3.8) is 0 Å². The van der Waals surface area contributed by atoms with Crippen molar-refractivity contribution in [2.45, 2.75) is 33.7 Å². The van der Waals surface area contributed by atoms with Crippen LogP contribution in [0.5, 0.6) is 5.75 Å². The molecule has 0 bridgehead atoms. The number of nitrogens with one attached hydrogen (secondary N) is 1. The summed E-state index contributed by atoms with van der Waals surface area (Å²) in [6.07, 6.45) is 1.73. The minimum Gasteiger partial charge on any atom is -0.493 e. The Morgan fingerprint density at radius 3 is 2.59 bits per heavy atom. The lowest BCUT2D eigenvalue weighted by Gasteiger charge is -2.31. The molecule has 0 amide bonds. The van der Waals surface area contributed by atoms with Gasteiger partial charge in [0.1, 0.15) is 0 Å². The molecule has 0 saturated heterocycles. The molecule has 17 heavy (non-hydrogen) atoms. The lowest BCUT2D eigenvalue weighted by molar-refractivity contribution is 0.343. The Kier molecular flexibility index (Phi) is 4.34. The van der Waals surface area contributed by atoms with E-state index in [-0.39, 0.29) is 11.5 Å². The smallest absolute Gasteiger partial charge is 0.160 e. The van der Waals surface area contributed by atoms with E-state index in [1.165, 1.54) is 0 Å². The molecule has 1 unspecified atom stereocenters. The first-order valence-electron chi connectivity index (χ1n) is 5.85. The molecule has 0 aliphatic heterocycles. The monoisotopic (exact) mass is 237 g/mol. The maximum atomic E-state index is 5.82. The van der Waals surface area contributed by atoms with E-state index in [9.17, 15) is 0 Å². The Morgan fingerprint density at radius 2 is 2.12 bits per heavy atom. The van der Waals surface area contributed by atoms with Crippen LogP contribution < -0.4 is 15.8 Å². The lowest BCUT2D eigenvalue weighted by atomic mass is 9.86. The van der Waals surface area contributed by atoms with Gasteiger partial charge in [0.25, 0.3) is 0 Å². The number of nitrogens with two attached hydrogens (primary N) is 1. The van der Waals surface area contributed by atoms with Crippen molar-refractivity contribution in [1.29, 1.82) is 0 Å². The van der Waals surface area contributed by atoms with Crippen LogP contribution in [0, 0.1) is 12.3 Å². The predicted octanol–water partition coefficient (Wildman–Crippen LogP) is 2.18. The largest absolute Gasteiger partial charge is 0.493 e. The van der Waals surface area contributed by atoms with Crippen molar-refractivity contribution < 1.29 is 4.74 Å². The number of nitrogens with zero attached hydrogens (tertiary/aromatic N) is 1. The summed E-state index contributed by atoms with van der Waals surface area (Å²) in [4.78, 5) is 4.21. The summed E-state index contributed by atoms with van der Waals surface area (Å²) in [6, 6.07) is 2.17. The fraction of sp³-hybridized carbons (Fsp3) is 0.615. The average Bonchev–Trinajstić information content (AvgIpc) is 2.24. The van der Waals surface area contributed by atoms with Crippen LogP contribution in [0.1, 0.15) is 26.5 Å². The number of anilines is 1. The number of aryl methyl sites for hydroxylation is 1. The van der Waals surface area contributed by atoms with Gasteiger partial charge in [-0.3, -0.25) is 4.98 Å². The zero-order valence-electron chi connectivity index (χ0n) is 11.4. The zero-order chi connectivity index (χ0) is 13.1. The Hall–Kier alpha value is -1.29. The molecular weight excluding hydrogens is 214 g/mol. The first-order chi connectivity index (χ1) is 7.88. The third-order valence-electron chi connectivity index (χ3n) is 2.83. The summed E-state index contributed by atoms with van der Waals surface area (Å²) >= 11 is 0. The number of pyridine rings is 1. The quantitative estimate of drug-likeness (QED) is 0.842. The van der Waals surface area contributed by atoms with Gasteiger partial charge < -0.3 is 15.8 Å². The van der Waals surface area contributed by atoms with Crippen LogP contribution in [0.4, 0.5) is 5.69 Å². The van der Waals surface area contributed by atoms with Gasteiger partial charge in [0, 0.05) is 18.3 Å². The fourth-order valence-corrected chi connectivity index (χ4v) is 1.64. The third kappa shape index (κ3) is 3.60. The summed E-state index contributed by atoms with van der Waals surface area (Å²) in [5, 5.41) is 3.44. The summed E-state index contributed by atoms with van der Waals surface area (Å²) in [5.74, 6) is 0.748. The Balaban J connectivity index is 2.96. The van der Waals surface area contributed by atoms with E-state index < -0.39 is 0 Å². The van der Waals surface area contributed by atoms with Crippen LogP contribution in [-0.2, 0) is 0 Å². The van der Waals surface area contributed by atoms with Crippen molar-refractivity contribution in [2.24, 2.45) is 11.1 Å². The molecule has 0 aromatic carbocycles. The summed E-state index contributed by atoms with van der Waals surface area (Å²) < 4.78 is 5.29. The van der Waals surface area contributed by atoms with Crippen molar-refractivity contribution in [2.75, 3.05) is 19.0 Å². The molecule has 1 aromatic heterocycles. The standard InChI is InChI=1S/C13H23N3O/c1-9-6-10(11(17-5)8-15-9)16-12(7-14)13(2,3)4/h6,8,12H,7,14H2,1-5H3,(H,15,16). The number of methoxy groups -OCH3 is 1. The number of hydrogen-bond donors (Lipinski definition) is 2. The molecule has 1 aromatic rings. The van der Waals surface area contributed by atoms with Gasteiger partial charge in [-0.1, -0.05) is 20.8 Å². The first-order valence-corrected chi connectivity index (χ1v) is 5.85. The van der Waals surface area contributed by atoms with Crippen molar-refractivity contribution in [3.8, 4) is 5.75 Å². The van der Waals surface area contributed by atoms with Crippen LogP contribution >= 0.6 is 0 Å². The van der Waals surface area contributed by atoms with E-state index in [4.69, 9.17) is 10.5 Å². The number of rotatable bonds is 4.